The molecule has 22 heavy (non-hydrogen) atoms. The van der Waals surface area contributed by atoms with Crippen LogP contribution < -0.4 is 9.64 Å². The lowest BCUT2D eigenvalue weighted by atomic mass is 10.0. The molecule has 120 valence electrons. The van der Waals surface area contributed by atoms with Gasteiger partial charge >= 0.3 is 0 Å². The minimum absolute atomic E-state index is 0.0143. The molecule has 1 saturated heterocycles. The second-order valence-corrected chi connectivity index (χ2v) is 7.90. The lowest BCUT2D eigenvalue weighted by molar-refractivity contribution is -0.120. The van der Waals surface area contributed by atoms with Crippen LogP contribution in [0.15, 0.2) is 23.1 Å². The van der Waals surface area contributed by atoms with Crippen LogP contribution in [0.3, 0.4) is 0 Å². The van der Waals surface area contributed by atoms with Gasteiger partial charge in [0.1, 0.15) is 5.75 Å². The highest BCUT2D eigenvalue weighted by Gasteiger charge is 2.30. The standard InChI is InChI=1S/C15H20N2O4S/c1-11-5-7-17(8-6-11)22(19,20)12-3-4-14-13(9-12)16(2)15(18)10-21-14/h3-4,9,11H,5-8,10H2,1-2H3. The van der Waals surface area contributed by atoms with E-state index in [1.807, 2.05) is 0 Å². The van der Waals surface area contributed by atoms with E-state index in [4.69, 9.17) is 4.74 Å². The first-order valence-electron chi connectivity index (χ1n) is 7.43. The Morgan fingerprint density at radius 1 is 1.23 bits per heavy atom. The number of benzene rings is 1. The van der Waals surface area contributed by atoms with Crippen LogP contribution in [0.1, 0.15) is 19.8 Å². The van der Waals surface area contributed by atoms with Crippen LogP contribution in [0.25, 0.3) is 0 Å². The van der Waals surface area contributed by atoms with Gasteiger partial charge in [-0.1, -0.05) is 6.92 Å². The van der Waals surface area contributed by atoms with Gasteiger partial charge in [0.15, 0.2) is 6.61 Å². The van der Waals surface area contributed by atoms with E-state index in [9.17, 15) is 13.2 Å². The molecule has 0 saturated carbocycles. The lowest BCUT2D eigenvalue weighted by Gasteiger charge is -2.30. The average Bonchev–Trinajstić information content (AvgIpc) is 2.51. The number of carbonyl (C=O) groups excluding carboxylic acids is 1. The number of ether oxygens (including phenoxy) is 1. The van der Waals surface area contributed by atoms with Crippen molar-refractivity contribution in [1.82, 2.24) is 4.31 Å². The molecule has 0 radical (unpaired) electrons. The molecule has 1 aromatic rings. The van der Waals surface area contributed by atoms with Crippen molar-refractivity contribution in [3.8, 4) is 5.75 Å². The molecule has 2 aliphatic heterocycles. The average molecular weight is 324 g/mol. The first-order chi connectivity index (χ1) is 10.4. The van der Waals surface area contributed by atoms with Crippen molar-refractivity contribution in [3.63, 3.8) is 0 Å². The largest absolute Gasteiger partial charge is 0.482 e. The van der Waals surface area contributed by atoms with Gasteiger partial charge in [0.25, 0.3) is 5.91 Å². The normalized spacial score (nSPS) is 20.6. The minimum Gasteiger partial charge on any atom is -0.482 e. The molecule has 1 amide bonds. The number of nitrogens with zero attached hydrogens (tertiary/aromatic N) is 2. The highest BCUT2D eigenvalue weighted by atomic mass is 32.2. The SMILES string of the molecule is CC1CCN(S(=O)(=O)c2ccc3c(c2)N(C)C(=O)CO3)CC1. The number of sulfonamides is 1. The van der Waals surface area contributed by atoms with E-state index in [0.29, 0.717) is 30.4 Å². The third-order valence-corrected chi connectivity index (χ3v) is 6.29. The topological polar surface area (TPSA) is 66.9 Å². The van der Waals surface area contributed by atoms with Crippen molar-refractivity contribution in [2.24, 2.45) is 5.92 Å². The summed E-state index contributed by atoms with van der Waals surface area (Å²) in [5.74, 6) is 0.911. The van der Waals surface area contributed by atoms with Gasteiger partial charge in [0, 0.05) is 20.1 Å². The Morgan fingerprint density at radius 3 is 2.59 bits per heavy atom. The van der Waals surface area contributed by atoms with Gasteiger partial charge in [-0.15, -0.1) is 0 Å². The molecule has 6 nitrogen and oxygen atoms in total. The summed E-state index contributed by atoms with van der Waals surface area (Å²) in [5.41, 5.74) is 0.503. The maximum atomic E-state index is 12.7. The molecule has 2 heterocycles. The van der Waals surface area contributed by atoms with Gasteiger partial charge in [-0.05, 0) is 37.0 Å². The number of hydrogen-bond donors (Lipinski definition) is 0. The molecule has 2 aliphatic rings. The molecule has 0 aromatic heterocycles. The molecule has 0 bridgehead atoms. The summed E-state index contributed by atoms with van der Waals surface area (Å²) in [6.45, 7) is 3.22. The van der Waals surface area contributed by atoms with Gasteiger partial charge in [0.05, 0.1) is 10.6 Å². The van der Waals surface area contributed by atoms with Crippen LogP contribution >= 0.6 is 0 Å². The summed E-state index contributed by atoms with van der Waals surface area (Å²) < 4.78 is 32.4. The smallest absolute Gasteiger partial charge is 0.264 e. The third kappa shape index (κ3) is 2.59. The zero-order chi connectivity index (χ0) is 15.9. The fourth-order valence-corrected chi connectivity index (χ4v) is 4.28. The predicted molar refractivity (Wildman–Crippen MR) is 82.5 cm³/mol. The van der Waals surface area contributed by atoms with E-state index >= 15 is 0 Å². The van der Waals surface area contributed by atoms with E-state index in [0.717, 1.165) is 12.8 Å². The van der Waals surface area contributed by atoms with Crippen LogP contribution in [-0.2, 0) is 14.8 Å². The molecule has 0 unspecified atom stereocenters. The number of piperidine rings is 1. The van der Waals surface area contributed by atoms with Gasteiger partial charge < -0.3 is 9.64 Å². The van der Waals surface area contributed by atoms with Crippen molar-refractivity contribution in [2.45, 2.75) is 24.7 Å². The van der Waals surface area contributed by atoms with E-state index < -0.39 is 10.0 Å². The maximum Gasteiger partial charge on any atom is 0.264 e. The van der Waals surface area contributed by atoms with Crippen molar-refractivity contribution in [2.75, 3.05) is 31.6 Å². The highest BCUT2D eigenvalue weighted by Crippen LogP contribution is 2.34. The molecule has 0 N–H and O–H groups in total. The Hall–Kier alpha value is -1.60. The van der Waals surface area contributed by atoms with E-state index in [1.54, 1.807) is 19.2 Å². The molecule has 1 aromatic carbocycles. The van der Waals surface area contributed by atoms with Crippen molar-refractivity contribution < 1.29 is 17.9 Å². The number of fused-ring (bicyclic) bond motifs is 1. The van der Waals surface area contributed by atoms with Crippen LogP contribution in [0.5, 0.6) is 5.75 Å². The summed E-state index contributed by atoms with van der Waals surface area (Å²) in [7, 11) is -1.89. The van der Waals surface area contributed by atoms with Gasteiger partial charge in [-0.2, -0.15) is 4.31 Å². The Labute approximate surface area is 130 Å². The molecule has 0 atom stereocenters. The van der Waals surface area contributed by atoms with E-state index in [1.165, 1.54) is 15.3 Å². The van der Waals surface area contributed by atoms with Gasteiger partial charge in [0.2, 0.25) is 10.0 Å². The lowest BCUT2D eigenvalue weighted by Crippen LogP contribution is -2.38. The molecule has 1 fully saturated rings. The minimum atomic E-state index is -3.52. The number of carbonyl (C=O) groups is 1. The van der Waals surface area contributed by atoms with Crippen molar-refractivity contribution >= 4 is 21.6 Å². The number of hydrogen-bond acceptors (Lipinski definition) is 4. The first-order valence-corrected chi connectivity index (χ1v) is 8.87. The molecule has 3 rings (SSSR count). The van der Waals surface area contributed by atoms with Crippen molar-refractivity contribution in [1.29, 1.82) is 0 Å². The number of amides is 1. The summed E-state index contributed by atoms with van der Waals surface area (Å²) in [5, 5.41) is 0. The molecule has 0 aliphatic carbocycles. The Balaban J connectivity index is 1.93. The molecular weight excluding hydrogens is 304 g/mol. The summed E-state index contributed by atoms with van der Waals surface area (Å²) in [6.07, 6.45) is 1.76. The summed E-state index contributed by atoms with van der Waals surface area (Å²) in [4.78, 5) is 13.4. The van der Waals surface area contributed by atoms with Crippen LogP contribution in [0.4, 0.5) is 5.69 Å². The fraction of sp³-hybridized carbons (Fsp3) is 0.533. The van der Waals surface area contributed by atoms with Gasteiger partial charge in [-0.3, -0.25) is 4.79 Å². The van der Waals surface area contributed by atoms with Crippen LogP contribution in [-0.4, -0.2) is 45.4 Å². The quantitative estimate of drug-likeness (QED) is 0.826. The number of anilines is 1. The van der Waals surface area contributed by atoms with E-state index in [2.05, 4.69) is 6.92 Å². The van der Waals surface area contributed by atoms with Crippen molar-refractivity contribution in [3.05, 3.63) is 18.2 Å². The highest BCUT2D eigenvalue weighted by molar-refractivity contribution is 7.89. The molecule has 7 heteroatoms. The third-order valence-electron chi connectivity index (χ3n) is 4.40. The summed E-state index contributed by atoms with van der Waals surface area (Å²) >= 11 is 0. The number of likely N-dealkylation sites (N-methyl/N-ethyl adjacent to an activating group) is 1. The zero-order valence-corrected chi connectivity index (χ0v) is 13.6. The van der Waals surface area contributed by atoms with Crippen LogP contribution in [0, 0.1) is 5.92 Å². The van der Waals surface area contributed by atoms with Gasteiger partial charge in [-0.25, -0.2) is 8.42 Å². The fourth-order valence-electron chi connectivity index (χ4n) is 2.79. The monoisotopic (exact) mass is 324 g/mol. The second-order valence-electron chi connectivity index (χ2n) is 5.96. The zero-order valence-electron chi connectivity index (χ0n) is 12.8. The predicted octanol–water partition coefficient (Wildman–Crippen LogP) is 1.46. The Kier molecular flexibility index (Phi) is 3.86. The maximum absolute atomic E-state index is 12.7. The molecular formula is C15H20N2O4S. The number of rotatable bonds is 2. The second kappa shape index (κ2) is 5.55. The molecule has 0 spiro atoms. The van der Waals surface area contributed by atoms with E-state index in [-0.39, 0.29) is 17.4 Å². The Bertz CT molecular complexity index is 693. The Morgan fingerprint density at radius 2 is 1.91 bits per heavy atom. The first kappa shape index (κ1) is 15.3. The van der Waals surface area contributed by atoms with Crippen LogP contribution in [0.2, 0.25) is 0 Å². The summed E-state index contributed by atoms with van der Waals surface area (Å²) in [6, 6.07) is 4.70.